The average Bonchev–Trinajstić information content (AvgIpc) is 2.22. The van der Waals surface area contributed by atoms with Crippen LogP contribution in [0.2, 0.25) is 0 Å². The molecule has 1 aromatic carbocycles. The van der Waals surface area contributed by atoms with E-state index >= 15 is 0 Å². The molecular weight excluding hydrogens is 197 g/mol. The summed E-state index contributed by atoms with van der Waals surface area (Å²) >= 11 is 0. The Labute approximate surface area is 88.0 Å². The Hall–Kier alpha value is -1.42. The fraction of sp³-hybridized carbons (Fsp3) is 0.364. The lowest BCUT2D eigenvalue weighted by atomic mass is 10.0. The van der Waals surface area contributed by atoms with E-state index in [9.17, 15) is 9.18 Å². The monoisotopic (exact) mass is 211 g/mol. The van der Waals surface area contributed by atoms with Gasteiger partial charge in [0.05, 0.1) is 12.7 Å². The molecule has 4 heteroatoms. The van der Waals surface area contributed by atoms with Crippen LogP contribution in [0.5, 0.6) is 5.75 Å². The normalized spacial score (nSPS) is 10.1. The number of carbonyl (C=O) groups is 1. The first-order valence-electron chi connectivity index (χ1n) is 4.68. The molecule has 0 aliphatic carbocycles. The summed E-state index contributed by atoms with van der Waals surface area (Å²) < 4.78 is 18.6. The van der Waals surface area contributed by atoms with Crippen LogP contribution in [0.4, 0.5) is 4.39 Å². The van der Waals surface area contributed by atoms with Crippen LogP contribution in [-0.2, 0) is 0 Å². The van der Waals surface area contributed by atoms with E-state index in [2.05, 4.69) is 0 Å². The molecule has 0 aliphatic rings. The zero-order chi connectivity index (χ0) is 11.4. The van der Waals surface area contributed by atoms with Gasteiger partial charge in [0.25, 0.3) is 0 Å². The molecule has 2 N–H and O–H groups in total. The summed E-state index contributed by atoms with van der Waals surface area (Å²) in [7, 11) is 1.41. The van der Waals surface area contributed by atoms with Crippen molar-refractivity contribution < 1.29 is 13.9 Å². The lowest BCUT2D eigenvalue weighted by Gasteiger charge is -2.09. The molecule has 82 valence electrons. The van der Waals surface area contributed by atoms with E-state index in [1.807, 2.05) is 0 Å². The molecule has 1 rings (SSSR count). The number of halogens is 1. The number of ether oxygens (including phenoxy) is 1. The summed E-state index contributed by atoms with van der Waals surface area (Å²) in [6.45, 7) is 1.81. The lowest BCUT2D eigenvalue weighted by molar-refractivity contribution is 0.0978. The maximum absolute atomic E-state index is 13.7. The lowest BCUT2D eigenvalue weighted by Crippen LogP contribution is -2.12. The van der Waals surface area contributed by atoms with Gasteiger partial charge in [-0.2, -0.15) is 0 Å². The van der Waals surface area contributed by atoms with Crippen molar-refractivity contribution in [2.24, 2.45) is 5.73 Å². The second kappa shape index (κ2) is 4.89. The van der Waals surface area contributed by atoms with E-state index < -0.39 is 5.82 Å². The quantitative estimate of drug-likeness (QED) is 0.771. The van der Waals surface area contributed by atoms with Gasteiger partial charge in [-0.1, -0.05) is 6.07 Å². The van der Waals surface area contributed by atoms with Crippen molar-refractivity contribution in [3.63, 3.8) is 0 Å². The molecule has 3 nitrogen and oxygen atoms in total. The molecule has 0 spiro atoms. The van der Waals surface area contributed by atoms with Gasteiger partial charge in [0, 0.05) is 6.42 Å². The number of hydrogen-bond acceptors (Lipinski definition) is 3. The van der Waals surface area contributed by atoms with Crippen molar-refractivity contribution in [1.29, 1.82) is 0 Å². The van der Waals surface area contributed by atoms with Gasteiger partial charge in [0.15, 0.2) is 5.78 Å². The molecule has 15 heavy (non-hydrogen) atoms. The van der Waals surface area contributed by atoms with Crippen LogP contribution < -0.4 is 10.5 Å². The number of ketones is 1. The highest BCUT2D eigenvalue weighted by Gasteiger charge is 2.18. The van der Waals surface area contributed by atoms with Crippen molar-refractivity contribution in [2.45, 2.75) is 13.3 Å². The first-order valence-corrected chi connectivity index (χ1v) is 4.68. The number of hydrogen-bond donors (Lipinski definition) is 1. The van der Waals surface area contributed by atoms with Crippen LogP contribution in [0.25, 0.3) is 0 Å². The van der Waals surface area contributed by atoms with E-state index in [-0.39, 0.29) is 30.1 Å². The Morgan fingerprint density at radius 2 is 2.20 bits per heavy atom. The highest BCUT2D eigenvalue weighted by atomic mass is 19.1. The molecular formula is C11H14FNO2. The Morgan fingerprint density at radius 1 is 1.53 bits per heavy atom. The first kappa shape index (κ1) is 11.7. The van der Waals surface area contributed by atoms with Gasteiger partial charge < -0.3 is 10.5 Å². The number of nitrogens with two attached hydrogens (primary N) is 1. The van der Waals surface area contributed by atoms with Gasteiger partial charge in [0.2, 0.25) is 0 Å². The number of aryl methyl sites for hydroxylation is 1. The van der Waals surface area contributed by atoms with Crippen molar-refractivity contribution in [3.8, 4) is 5.75 Å². The largest absolute Gasteiger partial charge is 0.496 e. The summed E-state index contributed by atoms with van der Waals surface area (Å²) in [4.78, 5) is 11.6. The fourth-order valence-corrected chi connectivity index (χ4v) is 1.35. The summed E-state index contributed by atoms with van der Waals surface area (Å²) in [5, 5.41) is 0. The predicted molar refractivity (Wildman–Crippen MR) is 55.7 cm³/mol. The Kier molecular flexibility index (Phi) is 3.80. The zero-order valence-electron chi connectivity index (χ0n) is 8.84. The predicted octanol–water partition coefficient (Wildman–Crippen LogP) is 1.67. The molecule has 0 saturated carbocycles. The van der Waals surface area contributed by atoms with Gasteiger partial charge >= 0.3 is 0 Å². The van der Waals surface area contributed by atoms with Crippen LogP contribution >= 0.6 is 0 Å². The van der Waals surface area contributed by atoms with Crippen LogP contribution in [0.15, 0.2) is 12.1 Å². The molecule has 0 aromatic heterocycles. The van der Waals surface area contributed by atoms with Crippen molar-refractivity contribution in [2.75, 3.05) is 13.7 Å². The summed E-state index contributed by atoms with van der Waals surface area (Å²) in [5.74, 6) is -0.583. The summed E-state index contributed by atoms with van der Waals surface area (Å²) in [6.07, 6.45) is 0.122. The third-order valence-electron chi connectivity index (χ3n) is 2.17. The first-order chi connectivity index (χ1) is 7.11. The third kappa shape index (κ3) is 2.33. The van der Waals surface area contributed by atoms with Crippen LogP contribution in [0, 0.1) is 12.7 Å². The molecule has 1 aromatic rings. The van der Waals surface area contributed by atoms with Crippen LogP contribution in [0.3, 0.4) is 0 Å². The smallest absolute Gasteiger partial charge is 0.170 e. The molecule has 0 heterocycles. The topological polar surface area (TPSA) is 52.3 Å². The van der Waals surface area contributed by atoms with E-state index in [0.29, 0.717) is 5.56 Å². The molecule has 0 atom stereocenters. The van der Waals surface area contributed by atoms with Crippen LogP contribution in [-0.4, -0.2) is 19.4 Å². The SMILES string of the molecule is COc1ccc(C)c(F)c1C(=O)CCN. The van der Waals surface area contributed by atoms with Gasteiger partial charge in [0.1, 0.15) is 11.6 Å². The van der Waals surface area contributed by atoms with Crippen molar-refractivity contribution >= 4 is 5.78 Å². The van der Waals surface area contributed by atoms with Gasteiger partial charge in [-0.25, -0.2) is 4.39 Å². The van der Waals surface area contributed by atoms with Crippen LogP contribution in [0.1, 0.15) is 22.3 Å². The van der Waals surface area contributed by atoms with Gasteiger partial charge in [-0.05, 0) is 25.1 Å². The van der Waals surface area contributed by atoms with E-state index in [1.165, 1.54) is 7.11 Å². The highest BCUT2D eigenvalue weighted by Crippen LogP contribution is 2.25. The second-order valence-electron chi connectivity index (χ2n) is 3.24. The molecule has 0 bridgehead atoms. The number of rotatable bonds is 4. The molecule has 0 aliphatic heterocycles. The van der Waals surface area contributed by atoms with E-state index in [1.54, 1.807) is 19.1 Å². The number of carbonyl (C=O) groups excluding carboxylic acids is 1. The Balaban J connectivity index is 3.23. The summed E-state index contributed by atoms with van der Waals surface area (Å²) in [6, 6.07) is 3.16. The maximum Gasteiger partial charge on any atom is 0.170 e. The van der Waals surface area contributed by atoms with Crippen molar-refractivity contribution in [1.82, 2.24) is 0 Å². The molecule has 0 fully saturated rings. The Bertz CT molecular complexity index is 377. The highest BCUT2D eigenvalue weighted by molar-refractivity contribution is 5.99. The van der Waals surface area contributed by atoms with Gasteiger partial charge in [-0.3, -0.25) is 4.79 Å². The molecule has 0 radical (unpaired) electrons. The number of Topliss-reactive ketones (excluding diaryl/α,β-unsaturated/α-hetero) is 1. The van der Waals surface area contributed by atoms with Crippen molar-refractivity contribution in [3.05, 3.63) is 29.1 Å². The minimum Gasteiger partial charge on any atom is -0.496 e. The standard InChI is InChI=1S/C11H14FNO2/c1-7-3-4-9(15-2)10(11(7)12)8(14)5-6-13/h3-4H,5-6,13H2,1-2H3. The second-order valence-corrected chi connectivity index (χ2v) is 3.24. The number of benzene rings is 1. The fourth-order valence-electron chi connectivity index (χ4n) is 1.35. The third-order valence-corrected chi connectivity index (χ3v) is 2.17. The average molecular weight is 211 g/mol. The summed E-state index contributed by atoms with van der Waals surface area (Å²) in [5.41, 5.74) is 5.69. The van der Waals surface area contributed by atoms with E-state index in [0.717, 1.165) is 0 Å². The van der Waals surface area contributed by atoms with Gasteiger partial charge in [-0.15, -0.1) is 0 Å². The zero-order valence-corrected chi connectivity index (χ0v) is 8.84. The maximum atomic E-state index is 13.7. The number of methoxy groups -OCH3 is 1. The van der Waals surface area contributed by atoms with E-state index in [4.69, 9.17) is 10.5 Å². The minimum absolute atomic E-state index is 0.00273. The molecule has 0 saturated heterocycles. The molecule has 0 unspecified atom stereocenters. The minimum atomic E-state index is -0.521. The Morgan fingerprint density at radius 3 is 2.73 bits per heavy atom. The molecule has 0 amide bonds.